The summed E-state index contributed by atoms with van der Waals surface area (Å²) in [7, 11) is -3.44. The molecule has 3 heterocycles. The van der Waals surface area contributed by atoms with Gasteiger partial charge in [-0.3, -0.25) is 18.7 Å². The number of carbonyl (C=O) groups excluding carboxylic acids is 3. The predicted octanol–water partition coefficient (Wildman–Crippen LogP) is 3.61. The molecule has 1 spiro atoms. The summed E-state index contributed by atoms with van der Waals surface area (Å²) in [5.74, 6) is -0.810. The van der Waals surface area contributed by atoms with Crippen LogP contribution in [0.2, 0.25) is 0 Å². The SMILES string of the molecule is CC[C@H](C)[C@H](NC(=O)[C@H](CC1CCCCC1)NC(=O)c1ccno1)C(=O)N1CCC2(CC1)CN(S(C)(=O)=O)c1ccccc12. The molecule has 0 radical (unpaired) electrons. The minimum absolute atomic E-state index is 0.0335. The number of anilines is 1. The molecule has 3 amide bonds. The molecule has 5 rings (SSSR count). The lowest BCUT2D eigenvalue weighted by molar-refractivity contribution is -0.139. The average Bonchev–Trinajstić information content (AvgIpc) is 3.67. The van der Waals surface area contributed by atoms with E-state index in [2.05, 4.69) is 15.8 Å². The topological polar surface area (TPSA) is 142 Å². The maximum absolute atomic E-state index is 14.0. The molecule has 2 fully saturated rings. The van der Waals surface area contributed by atoms with Gasteiger partial charge in [-0.15, -0.1) is 0 Å². The van der Waals surface area contributed by atoms with Gasteiger partial charge in [0.2, 0.25) is 27.6 Å². The van der Waals surface area contributed by atoms with Gasteiger partial charge in [-0.25, -0.2) is 8.42 Å². The third-order valence-electron chi connectivity index (χ3n) is 9.98. The summed E-state index contributed by atoms with van der Waals surface area (Å²) in [5.41, 5.74) is 1.37. The van der Waals surface area contributed by atoms with Crippen molar-refractivity contribution in [2.75, 3.05) is 30.2 Å². The number of likely N-dealkylation sites (tertiary alicyclic amines) is 1. The van der Waals surface area contributed by atoms with Gasteiger partial charge in [-0.1, -0.05) is 75.7 Å². The molecule has 12 heteroatoms. The van der Waals surface area contributed by atoms with Gasteiger partial charge in [-0.2, -0.15) is 0 Å². The van der Waals surface area contributed by atoms with E-state index in [0.29, 0.717) is 51.2 Å². The van der Waals surface area contributed by atoms with Crippen LogP contribution in [-0.2, 0) is 25.0 Å². The monoisotopic (exact) mass is 627 g/mol. The van der Waals surface area contributed by atoms with E-state index in [9.17, 15) is 22.8 Å². The molecule has 1 saturated heterocycles. The lowest BCUT2D eigenvalue weighted by atomic mass is 9.74. The second-order valence-corrected chi connectivity index (χ2v) is 14.8. The van der Waals surface area contributed by atoms with Crippen molar-refractivity contribution in [2.24, 2.45) is 11.8 Å². The molecule has 1 saturated carbocycles. The lowest BCUT2D eigenvalue weighted by Crippen LogP contribution is -2.58. The van der Waals surface area contributed by atoms with Crippen LogP contribution in [0.5, 0.6) is 0 Å². The molecule has 44 heavy (non-hydrogen) atoms. The first-order valence-corrected chi connectivity index (χ1v) is 17.7. The van der Waals surface area contributed by atoms with E-state index in [1.165, 1.54) is 29.2 Å². The number of nitrogens with one attached hydrogen (secondary N) is 2. The Morgan fingerprint density at radius 1 is 1.07 bits per heavy atom. The van der Waals surface area contributed by atoms with Crippen LogP contribution in [-0.4, -0.2) is 74.2 Å². The number of amides is 3. The van der Waals surface area contributed by atoms with Crippen LogP contribution in [0.25, 0.3) is 0 Å². The fourth-order valence-corrected chi connectivity index (χ4v) is 8.15. The van der Waals surface area contributed by atoms with Crippen LogP contribution in [0.3, 0.4) is 0 Å². The number of aromatic nitrogens is 1. The molecular formula is C32H45N5O6S. The van der Waals surface area contributed by atoms with E-state index in [1.807, 2.05) is 38.1 Å². The molecule has 2 aromatic rings. The van der Waals surface area contributed by atoms with Gasteiger partial charge in [0.1, 0.15) is 12.1 Å². The van der Waals surface area contributed by atoms with Gasteiger partial charge < -0.3 is 20.1 Å². The number of benzene rings is 1. The maximum Gasteiger partial charge on any atom is 0.290 e. The Morgan fingerprint density at radius 2 is 1.77 bits per heavy atom. The maximum atomic E-state index is 14.0. The Bertz CT molecular complexity index is 1430. The Kier molecular flexibility index (Phi) is 9.67. The summed E-state index contributed by atoms with van der Waals surface area (Å²) in [6.07, 6.45) is 10.4. The van der Waals surface area contributed by atoms with Crippen LogP contribution in [0.15, 0.2) is 41.1 Å². The second-order valence-electron chi connectivity index (χ2n) is 12.9. The van der Waals surface area contributed by atoms with E-state index in [4.69, 9.17) is 4.52 Å². The number of piperidine rings is 1. The third-order valence-corrected chi connectivity index (χ3v) is 11.1. The Hall–Kier alpha value is -3.41. The number of fused-ring (bicyclic) bond motifs is 2. The molecule has 0 bridgehead atoms. The first-order chi connectivity index (χ1) is 21.0. The zero-order valence-corrected chi connectivity index (χ0v) is 26.8. The molecule has 11 nitrogen and oxygen atoms in total. The first-order valence-electron chi connectivity index (χ1n) is 15.9. The highest BCUT2D eigenvalue weighted by molar-refractivity contribution is 7.92. The van der Waals surface area contributed by atoms with E-state index < -0.39 is 28.0 Å². The van der Waals surface area contributed by atoms with Crippen LogP contribution in [0.1, 0.15) is 87.8 Å². The summed E-state index contributed by atoms with van der Waals surface area (Å²) in [6, 6.07) is 7.53. The summed E-state index contributed by atoms with van der Waals surface area (Å²) in [5, 5.41) is 9.48. The van der Waals surface area contributed by atoms with Crippen molar-refractivity contribution >= 4 is 33.4 Å². The van der Waals surface area contributed by atoms with Gasteiger partial charge in [0.15, 0.2) is 0 Å². The molecule has 1 aliphatic carbocycles. The molecular weight excluding hydrogens is 582 g/mol. The standard InChI is InChI=1S/C32H45N5O6S/c1-4-22(2)28(35-29(38)25(20-23-10-6-5-7-11-23)34-30(39)27-14-17-33-43-27)31(40)36-18-15-32(16-19-36)21-37(44(3,41)42)26-13-9-8-12-24(26)32/h8-9,12-14,17,22-23,25,28H,4-7,10-11,15-16,18-21H2,1-3H3,(H,34,39)(H,35,38)/t22-,25-,28-/m0/s1. The van der Waals surface area contributed by atoms with E-state index >= 15 is 0 Å². The van der Waals surface area contributed by atoms with Crippen LogP contribution in [0.4, 0.5) is 5.69 Å². The van der Waals surface area contributed by atoms with E-state index in [-0.39, 0.29) is 28.9 Å². The fourth-order valence-electron chi connectivity index (χ4n) is 7.15. The lowest BCUT2D eigenvalue weighted by Gasteiger charge is -2.41. The van der Waals surface area contributed by atoms with Crippen LogP contribution >= 0.6 is 0 Å². The van der Waals surface area contributed by atoms with Gasteiger partial charge in [0.25, 0.3) is 5.91 Å². The number of rotatable bonds is 10. The number of carbonyl (C=O) groups is 3. The first kappa shape index (κ1) is 32.0. The zero-order chi connectivity index (χ0) is 31.5. The largest absolute Gasteiger partial charge is 0.351 e. The molecule has 1 aromatic carbocycles. The number of hydrogen-bond donors (Lipinski definition) is 2. The minimum Gasteiger partial charge on any atom is -0.351 e. The highest BCUT2D eigenvalue weighted by Crippen LogP contribution is 2.47. The number of nitrogens with zero attached hydrogens (tertiary/aromatic N) is 3. The van der Waals surface area contributed by atoms with Gasteiger partial charge in [-0.05, 0) is 42.7 Å². The average molecular weight is 628 g/mol. The van der Waals surface area contributed by atoms with Crippen LogP contribution in [0, 0.1) is 11.8 Å². The van der Waals surface area contributed by atoms with Crippen molar-refractivity contribution in [3.05, 3.63) is 47.9 Å². The van der Waals surface area contributed by atoms with Gasteiger partial charge >= 0.3 is 0 Å². The molecule has 3 aliphatic rings. The van der Waals surface area contributed by atoms with Crippen molar-refractivity contribution in [3.8, 4) is 0 Å². The highest BCUT2D eigenvalue weighted by atomic mass is 32.2. The van der Waals surface area contributed by atoms with Crippen LogP contribution < -0.4 is 14.9 Å². The second kappa shape index (κ2) is 13.3. The number of para-hydroxylation sites is 1. The molecule has 2 aliphatic heterocycles. The van der Waals surface area contributed by atoms with Crippen molar-refractivity contribution < 1.29 is 27.3 Å². The van der Waals surface area contributed by atoms with Crippen molar-refractivity contribution in [3.63, 3.8) is 0 Å². The number of hydrogen-bond acceptors (Lipinski definition) is 7. The summed E-state index contributed by atoms with van der Waals surface area (Å²) >= 11 is 0. The summed E-state index contributed by atoms with van der Waals surface area (Å²) < 4.78 is 31.7. The minimum atomic E-state index is -3.44. The number of sulfonamides is 1. The van der Waals surface area contributed by atoms with Crippen molar-refractivity contribution in [2.45, 2.75) is 89.1 Å². The van der Waals surface area contributed by atoms with E-state index in [1.54, 1.807) is 4.90 Å². The van der Waals surface area contributed by atoms with E-state index in [0.717, 1.165) is 36.9 Å². The normalized spacial score (nSPS) is 20.5. The molecule has 2 N–H and O–H groups in total. The quantitative estimate of drug-likeness (QED) is 0.410. The fraction of sp³-hybridized carbons (Fsp3) is 0.625. The van der Waals surface area contributed by atoms with Gasteiger partial charge in [0.05, 0.1) is 18.1 Å². The molecule has 1 aromatic heterocycles. The predicted molar refractivity (Wildman–Crippen MR) is 166 cm³/mol. The Labute approximate surface area is 260 Å². The summed E-state index contributed by atoms with van der Waals surface area (Å²) in [6.45, 7) is 5.23. The molecule has 240 valence electrons. The Balaban J connectivity index is 1.29. The molecule has 0 unspecified atom stereocenters. The van der Waals surface area contributed by atoms with Crippen molar-refractivity contribution in [1.29, 1.82) is 0 Å². The van der Waals surface area contributed by atoms with Crippen molar-refractivity contribution in [1.82, 2.24) is 20.7 Å². The van der Waals surface area contributed by atoms with Gasteiger partial charge in [0, 0.05) is 31.1 Å². The smallest absolute Gasteiger partial charge is 0.290 e. The molecule has 3 atom stereocenters. The Morgan fingerprint density at radius 3 is 2.41 bits per heavy atom. The highest BCUT2D eigenvalue weighted by Gasteiger charge is 2.48. The third kappa shape index (κ3) is 6.79. The zero-order valence-electron chi connectivity index (χ0n) is 26.0. The summed E-state index contributed by atoms with van der Waals surface area (Å²) in [4.78, 5) is 42.5.